The van der Waals surface area contributed by atoms with E-state index in [0.717, 1.165) is 79.5 Å². The van der Waals surface area contributed by atoms with Crippen molar-refractivity contribution in [3.63, 3.8) is 0 Å². The van der Waals surface area contributed by atoms with Crippen molar-refractivity contribution in [2.45, 2.75) is 51.6 Å². The van der Waals surface area contributed by atoms with E-state index in [4.69, 9.17) is 14.5 Å². The third kappa shape index (κ3) is 7.50. The molecule has 0 radical (unpaired) electrons. The quantitative estimate of drug-likeness (QED) is 0.166. The number of rotatable bonds is 11. The number of aromatic nitrogens is 2. The molecule has 0 atom stereocenters. The Morgan fingerprint density at radius 1 is 0.857 bits per heavy atom. The Kier molecular flexibility index (Phi) is 9.47. The van der Waals surface area contributed by atoms with Crippen LogP contribution in [-0.2, 0) is 12.6 Å². The minimum Gasteiger partial charge on any atom is -0.492 e. The third-order valence-electron chi connectivity index (χ3n) is 7.40. The van der Waals surface area contributed by atoms with Gasteiger partial charge in [0.05, 0.1) is 11.3 Å². The highest BCUT2D eigenvalue weighted by molar-refractivity contribution is 5.61. The highest BCUT2D eigenvalue weighted by Gasteiger charge is 2.34. The van der Waals surface area contributed by atoms with E-state index in [1.54, 1.807) is 12.1 Å². The zero-order chi connectivity index (χ0) is 29.5. The van der Waals surface area contributed by atoms with Gasteiger partial charge < -0.3 is 14.0 Å². The Morgan fingerprint density at radius 3 is 2.21 bits per heavy atom. The van der Waals surface area contributed by atoms with Crippen LogP contribution in [-0.4, -0.2) is 40.7 Å². The fraction of sp³-hybridized carbons (Fsp3) is 0.364. The number of hydrogen-bond donors (Lipinski definition) is 0. The Labute approximate surface area is 243 Å². The van der Waals surface area contributed by atoms with Gasteiger partial charge in [-0.3, -0.25) is 4.90 Å². The molecular weight excluding hydrogens is 546 g/mol. The summed E-state index contributed by atoms with van der Waals surface area (Å²) in [5, 5.41) is 0. The van der Waals surface area contributed by atoms with Crippen LogP contribution >= 0.6 is 0 Å². The number of aryl methyl sites for hydroxylation is 1. The van der Waals surface area contributed by atoms with Crippen LogP contribution in [0.25, 0.3) is 16.9 Å². The molecule has 5 nitrogen and oxygen atoms in total. The van der Waals surface area contributed by atoms with Crippen molar-refractivity contribution in [3.05, 3.63) is 90.1 Å². The maximum absolute atomic E-state index is 14.0. The van der Waals surface area contributed by atoms with E-state index in [2.05, 4.69) is 11.8 Å². The Hall–Kier alpha value is -3.85. The number of benzene rings is 3. The second-order valence-electron chi connectivity index (χ2n) is 10.5. The highest BCUT2D eigenvalue weighted by Crippen LogP contribution is 2.34. The molecule has 42 heavy (non-hydrogen) atoms. The van der Waals surface area contributed by atoms with Gasteiger partial charge in [-0.05, 0) is 93.0 Å². The van der Waals surface area contributed by atoms with Crippen molar-refractivity contribution in [1.82, 2.24) is 14.5 Å². The largest absolute Gasteiger partial charge is 0.492 e. The van der Waals surface area contributed by atoms with Crippen LogP contribution in [0.4, 0.5) is 17.6 Å². The van der Waals surface area contributed by atoms with Crippen molar-refractivity contribution in [2.24, 2.45) is 0 Å². The first-order valence-corrected chi connectivity index (χ1v) is 14.5. The molecule has 0 spiro atoms. The molecule has 1 saturated heterocycles. The predicted molar refractivity (Wildman–Crippen MR) is 155 cm³/mol. The Morgan fingerprint density at radius 2 is 1.55 bits per heavy atom. The van der Waals surface area contributed by atoms with Gasteiger partial charge >= 0.3 is 6.18 Å². The summed E-state index contributed by atoms with van der Waals surface area (Å²) in [6, 6.07) is 17.6. The van der Waals surface area contributed by atoms with Gasteiger partial charge in [-0.15, -0.1) is 0 Å². The summed E-state index contributed by atoms with van der Waals surface area (Å²) in [7, 11) is 0. The summed E-state index contributed by atoms with van der Waals surface area (Å²) >= 11 is 0. The monoisotopic (exact) mass is 581 g/mol. The minimum atomic E-state index is -4.76. The molecule has 222 valence electrons. The maximum Gasteiger partial charge on any atom is 0.419 e. The highest BCUT2D eigenvalue weighted by atomic mass is 19.4. The molecule has 0 unspecified atom stereocenters. The number of unbranched alkanes of at least 4 members (excludes halogenated alkanes) is 1. The number of imidazole rings is 1. The lowest BCUT2D eigenvalue weighted by Gasteiger charge is -2.26. The smallest absolute Gasteiger partial charge is 0.419 e. The van der Waals surface area contributed by atoms with Crippen molar-refractivity contribution in [3.8, 4) is 34.2 Å². The lowest BCUT2D eigenvalue weighted by atomic mass is 10.1. The van der Waals surface area contributed by atoms with Gasteiger partial charge in [-0.1, -0.05) is 19.8 Å². The van der Waals surface area contributed by atoms with E-state index in [0.29, 0.717) is 18.4 Å². The van der Waals surface area contributed by atoms with Gasteiger partial charge in [0.15, 0.2) is 0 Å². The van der Waals surface area contributed by atoms with Gasteiger partial charge in [0.25, 0.3) is 0 Å². The molecule has 1 fully saturated rings. The zero-order valence-corrected chi connectivity index (χ0v) is 23.7. The summed E-state index contributed by atoms with van der Waals surface area (Å²) in [6.45, 7) is 6.05. The van der Waals surface area contributed by atoms with Crippen LogP contribution in [0.5, 0.6) is 17.2 Å². The van der Waals surface area contributed by atoms with Crippen molar-refractivity contribution in [2.75, 3.05) is 26.2 Å². The van der Waals surface area contributed by atoms with Crippen molar-refractivity contribution >= 4 is 0 Å². The Balaban J connectivity index is 1.27. The summed E-state index contributed by atoms with van der Waals surface area (Å²) in [4.78, 5) is 7.38. The van der Waals surface area contributed by atoms with E-state index in [-0.39, 0.29) is 5.75 Å². The first kappa shape index (κ1) is 29.6. The van der Waals surface area contributed by atoms with Gasteiger partial charge in [0, 0.05) is 36.5 Å². The normalized spacial score (nSPS) is 14.2. The molecule has 3 aromatic carbocycles. The molecule has 1 aromatic heterocycles. The average Bonchev–Trinajstić information content (AvgIpc) is 3.41. The molecule has 5 rings (SSSR count). The summed E-state index contributed by atoms with van der Waals surface area (Å²) in [6.07, 6.45) is 3.92. The summed E-state index contributed by atoms with van der Waals surface area (Å²) < 4.78 is 66.2. The van der Waals surface area contributed by atoms with Crippen LogP contribution in [0.1, 0.15) is 50.4 Å². The second-order valence-corrected chi connectivity index (χ2v) is 10.5. The fourth-order valence-electron chi connectivity index (χ4n) is 5.09. The second kappa shape index (κ2) is 13.4. The van der Waals surface area contributed by atoms with E-state index in [1.165, 1.54) is 19.3 Å². The standard InChI is InChI=1S/C33H35F4N3O2/c1-2-3-7-32-38-31(24-8-12-26(13-9-24)41-21-20-39-18-5-4-6-19-39)23-40(32)25-10-14-27(15-11-25)42-28-16-17-29(30(34)22-28)33(35,36)37/h8-17,22-23H,2-7,18-21H2,1H3. The fourth-order valence-corrected chi connectivity index (χ4v) is 5.09. The third-order valence-corrected chi connectivity index (χ3v) is 7.40. The van der Waals surface area contributed by atoms with Crippen LogP contribution in [0.2, 0.25) is 0 Å². The molecule has 4 aromatic rings. The van der Waals surface area contributed by atoms with E-state index in [9.17, 15) is 17.6 Å². The van der Waals surface area contributed by atoms with Gasteiger partial charge in [-0.2, -0.15) is 13.2 Å². The predicted octanol–water partition coefficient (Wildman–Crippen LogP) is 8.70. The molecule has 0 aliphatic carbocycles. The number of hydrogen-bond acceptors (Lipinski definition) is 4. The maximum atomic E-state index is 14.0. The minimum absolute atomic E-state index is 0.0132. The molecule has 1 aliphatic heterocycles. The number of nitrogens with zero attached hydrogens (tertiary/aromatic N) is 3. The van der Waals surface area contributed by atoms with Crippen LogP contribution in [0.3, 0.4) is 0 Å². The molecule has 2 heterocycles. The first-order valence-electron chi connectivity index (χ1n) is 14.5. The zero-order valence-electron chi connectivity index (χ0n) is 23.7. The van der Waals surface area contributed by atoms with E-state index < -0.39 is 17.6 Å². The van der Waals surface area contributed by atoms with Gasteiger partial charge in [0.1, 0.15) is 35.5 Å². The van der Waals surface area contributed by atoms with Gasteiger partial charge in [-0.25, -0.2) is 9.37 Å². The molecule has 0 saturated carbocycles. The van der Waals surface area contributed by atoms with Crippen molar-refractivity contribution in [1.29, 1.82) is 0 Å². The summed E-state index contributed by atoms with van der Waals surface area (Å²) in [5.41, 5.74) is 1.37. The van der Waals surface area contributed by atoms with Crippen LogP contribution in [0, 0.1) is 5.82 Å². The number of ether oxygens (including phenoxy) is 2. The molecule has 1 aliphatic rings. The first-order chi connectivity index (χ1) is 20.3. The average molecular weight is 582 g/mol. The van der Waals surface area contributed by atoms with Gasteiger partial charge in [0.2, 0.25) is 0 Å². The SMILES string of the molecule is CCCCc1nc(-c2ccc(OCCN3CCCCC3)cc2)cn1-c1ccc(Oc2ccc(C(F)(F)F)c(F)c2)cc1. The Bertz CT molecular complexity index is 1440. The van der Waals surface area contributed by atoms with E-state index >= 15 is 0 Å². The van der Waals surface area contributed by atoms with Crippen LogP contribution < -0.4 is 9.47 Å². The number of likely N-dealkylation sites (tertiary alicyclic amines) is 1. The lowest BCUT2D eigenvalue weighted by molar-refractivity contribution is -0.140. The molecule has 9 heteroatoms. The molecule has 0 amide bonds. The summed E-state index contributed by atoms with van der Waals surface area (Å²) in [5.74, 6) is 0.752. The molecule has 0 N–H and O–H groups in total. The van der Waals surface area contributed by atoms with E-state index in [1.807, 2.05) is 47.2 Å². The molecular formula is C33H35F4N3O2. The van der Waals surface area contributed by atoms with Crippen LogP contribution in [0.15, 0.2) is 72.9 Å². The number of halogens is 4. The topological polar surface area (TPSA) is 39.5 Å². The van der Waals surface area contributed by atoms with Crippen molar-refractivity contribution < 1.29 is 27.0 Å². The lowest BCUT2D eigenvalue weighted by Crippen LogP contribution is -2.33. The number of alkyl halides is 3. The number of piperidine rings is 1. The molecule has 0 bridgehead atoms.